The summed E-state index contributed by atoms with van der Waals surface area (Å²) in [6.07, 6.45) is 2.55. The van der Waals surface area contributed by atoms with Gasteiger partial charge in [-0.2, -0.15) is 0 Å². The highest BCUT2D eigenvalue weighted by Crippen LogP contribution is 2.24. The highest BCUT2D eigenvalue weighted by atomic mass is 35.5. The fraction of sp³-hybridized carbons (Fsp3) is 0.400. The van der Waals surface area contributed by atoms with Crippen LogP contribution in [0.3, 0.4) is 0 Å². The summed E-state index contributed by atoms with van der Waals surface area (Å²) in [5, 5.41) is 8.57. The minimum Gasteiger partial charge on any atom is -0.334 e. The molecule has 2 atom stereocenters. The zero-order valence-electron chi connectivity index (χ0n) is 12.3. The molecule has 6 nitrogen and oxygen atoms in total. The van der Waals surface area contributed by atoms with Crippen LogP contribution >= 0.6 is 11.6 Å². The number of benzene rings is 1. The lowest BCUT2D eigenvalue weighted by Gasteiger charge is -2.19. The van der Waals surface area contributed by atoms with Crippen molar-refractivity contribution in [2.45, 2.75) is 19.4 Å². The molecule has 0 spiro atoms. The average Bonchev–Trinajstić information content (AvgIpc) is 3.14. The van der Waals surface area contributed by atoms with E-state index < -0.39 is 0 Å². The normalized spacial score (nSPS) is 21.3. The van der Waals surface area contributed by atoms with Gasteiger partial charge in [-0.3, -0.25) is 4.79 Å². The third kappa shape index (κ3) is 2.71. The Morgan fingerprint density at radius 2 is 2.23 bits per heavy atom. The van der Waals surface area contributed by atoms with Crippen LogP contribution in [-0.4, -0.2) is 44.9 Å². The van der Waals surface area contributed by atoms with Gasteiger partial charge in [-0.1, -0.05) is 28.9 Å². The van der Waals surface area contributed by atoms with Gasteiger partial charge in [0, 0.05) is 12.6 Å². The lowest BCUT2D eigenvalue weighted by molar-refractivity contribution is 0.0737. The van der Waals surface area contributed by atoms with E-state index in [2.05, 4.69) is 10.3 Å². The van der Waals surface area contributed by atoms with E-state index in [1.54, 1.807) is 12.3 Å². The van der Waals surface area contributed by atoms with E-state index in [0.717, 1.165) is 6.42 Å². The quantitative estimate of drug-likeness (QED) is 0.934. The number of carbonyl (C=O) groups excluding carboxylic acids is 1. The molecule has 116 valence electrons. The van der Waals surface area contributed by atoms with Crippen LogP contribution < -0.4 is 5.73 Å². The maximum absolute atomic E-state index is 12.6. The number of amides is 1. The SMILES string of the molecule is CC1CC(CN)CN1C(=O)c1cn(-c2ccccc2Cl)nn1. The molecule has 2 unspecified atom stereocenters. The zero-order chi connectivity index (χ0) is 15.7. The molecule has 1 aliphatic heterocycles. The van der Waals surface area contributed by atoms with Crippen molar-refractivity contribution in [1.29, 1.82) is 0 Å². The van der Waals surface area contributed by atoms with Crippen LogP contribution in [0, 0.1) is 5.92 Å². The standard InChI is InChI=1S/C15H18ClN5O/c1-10-6-11(7-17)8-20(10)15(22)13-9-21(19-18-13)14-5-3-2-4-12(14)16/h2-5,9-11H,6-8,17H2,1H3. The van der Waals surface area contributed by atoms with Gasteiger partial charge >= 0.3 is 0 Å². The molecule has 2 aromatic rings. The van der Waals surface area contributed by atoms with Crippen LogP contribution in [-0.2, 0) is 0 Å². The van der Waals surface area contributed by atoms with Gasteiger partial charge in [0.05, 0.1) is 16.9 Å². The van der Waals surface area contributed by atoms with Crippen molar-refractivity contribution in [3.8, 4) is 5.69 Å². The molecule has 0 aliphatic carbocycles. The van der Waals surface area contributed by atoms with Gasteiger partial charge in [-0.15, -0.1) is 5.10 Å². The molecule has 1 aliphatic rings. The van der Waals surface area contributed by atoms with Crippen molar-refractivity contribution in [3.05, 3.63) is 41.2 Å². The molecular formula is C15H18ClN5O. The Hall–Kier alpha value is -1.92. The first-order valence-corrected chi connectivity index (χ1v) is 7.66. The smallest absolute Gasteiger partial charge is 0.276 e. The Morgan fingerprint density at radius 3 is 2.91 bits per heavy atom. The van der Waals surface area contributed by atoms with Crippen molar-refractivity contribution in [1.82, 2.24) is 19.9 Å². The summed E-state index contributed by atoms with van der Waals surface area (Å²) in [4.78, 5) is 14.4. The average molecular weight is 320 g/mol. The molecular weight excluding hydrogens is 302 g/mol. The predicted molar refractivity (Wildman–Crippen MR) is 84.0 cm³/mol. The summed E-state index contributed by atoms with van der Waals surface area (Å²) in [5.74, 6) is 0.249. The largest absolute Gasteiger partial charge is 0.334 e. The molecule has 1 aromatic heterocycles. The van der Waals surface area contributed by atoms with Crippen LogP contribution in [0.5, 0.6) is 0 Å². The third-order valence-electron chi connectivity index (χ3n) is 4.07. The second-order valence-corrected chi connectivity index (χ2v) is 6.05. The molecule has 0 saturated carbocycles. The van der Waals surface area contributed by atoms with E-state index in [0.29, 0.717) is 35.4 Å². The van der Waals surface area contributed by atoms with E-state index in [1.165, 1.54) is 4.68 Å². The van der Waals surface area contributed by atoms with Crippen LogP contribution in [0.4, 0.5) is 0 Å². The van der Waals surface area contributed by atoms with Crippen LogP contribution in [0.15, 0.2) is 30.5 Å². The summed E-state index contributed by atoms with van der Waals surface area (Å²) >= 11 is 6.14. The first-order valence-electron chi connectivity index (χ1n) is 7.28. The number of nitrogens with zero attached hydrogens (tertiary/aromatic N) is 4. The van der Waals surface area contributed by atoms with Gasteiger partial charge in [-0.25, -0.2) is 4.68 Å². The number of hydrogen-bond acceptors (Lipinski definition) is 4. The summed E-state index contributed by atoms with van der Waals surface area (Å²) in [6, 6.07) is 7.47. The minimum atomic E-state index is -0.109. The Morgan fingerprint density at radius 1 is 1.45 bits per heavy atom. The van der Waals surface area contributed by atoms with Crippen LogP contribution in [0.1, 0.15) is 23.8 Å². The molecule has 2 heterocycles. The third-order valence-corrected chi connectivity index (χ3v) is 4.39. The lowest BCUT2D eigenvalue weighted by Crippen LogP contribution is -2.34. The zero-order valence-corrected chi connectivity index (χ0v) is 13.1. The number of halogens is 1. The first-order chi connectivity index (χ1) is 10.6. The van der Waals surface area contributed by atoms with Crippen LogP contribution in [0.2, 0.25) is 5.02 Å². The summed E-state index contributed by atoms with van der Waals surface area (Å²) in [5.41, 5.74) is 6.73. The molecule has 1 fully saturated rings. The monoisotopic (exact) mass is 319 g/mol. The Labute approximate surface area is 133 Å². The van der Waals surface area contributed by atoms with E-state index in [9.17, 15) is 4.79 Å². The van der Waals surface area contributed by atoms with E-state index in [4.69, 9.17) is 17.3 Å². The first kappa shape index (κ1) is 15.0. The van der Waals surface area contributed by atoms with Gasteiger partial charge < -0.3 is 10.6 Å². The highest BCUT2D eigenvalue weighted by molar-refractivity contribution is 6.32. The van der Waals surface area contributed by atoms with Gasteiger partial charge in [0.2, 0.25) is 0 Å². The van der Waals surface area contributed by atoms with Crippen molar-refractivity contribution >= 4 is 17.5 Å². The lowest BCUT2D eigenvalue weighted by atomic mass is 10.1. The molecule has 3 rings (SSSR count). The van der Waals surface area contributed by atoms with Gasteiger partial charge in [0.25, 0.3) is 5.91 Å². The van der Waals surface area contributed by atoms with E-state index in [1.807, 2.05) is 30.0 Å². The molecule has 7 heteroatoms. The van der Waals surface area contributed by atoms with Crippen molar-refractivity contribution in [3.63, 3.8) is 0 Å². The van der Waals surface area contributed by atoms with Crippen molar-refractivity contribution in [2.24, 2.45) is 11.7 Å². The van der Waals surface area contributed by atoms with Crippen LogP contribution in [0.25, 0.3) is 5.69 Å². The maximum Gasteiger partial charge on any atom is 0.276 e. The molecule has 2 N–H and O–H groups in total. The minimum absolute atomic E-state index is 0.109. The fourth-order valence-electron chi connectivity index (χ4n) is 2.86. The molecule has 1 aromatic carbocycles. The molecule has 0 radical (unpaired) electrons. The van der Waals surface area contributed by atoms with Gasteiger partial charge in [0.1, 0.15) is 0 Å². The van der Waals surface area contributed by atoms with Gasteiger partial charge in [-0.05, 0) is 37.9 Å². The van der Waals surface area contributed by atoms with E-state index in [-0.39, 0.29) is 11.9 Å². The number of likely N-dealkylation sites (tertiary alicyclic amines) is 1. The number of para-hydroxylation sites is 1. The van der Waals surface area contributed by atoms with E-state index >= 15 is 0 Å². The Bertz CT molecular complexity index is 686. The molecule has 0 bridgehead atoms. The molecule has 22 heavy (non-hydrogen) atoms. The highest BCUT2D eigenvalue weighted by Gasteiger charge is 2.33. The summed E-state index contributed by atoms with van der Waals surface area (Å²) < 4.78 is 1.52. The number of hydrogen-bond donors (Lipinski definition) is 1. The summed E-state index contributed by atoms with van der Waals surface area (Å²) in [6.45, 7) is 3.31. The Kier molecular flexibility index (Phi) is 4.13. The number of carbonyl (C=O) groups is 1. The van der Waals surface area contributed by atoms with Crippen molar-refractivity contribution < 1.29 is 4.79 Å². The maximum atomic E-state index is 12.6. The number of rotatable bonds is 3. The fourth-order valence-corrected chi connectivity index (χ4v) is 3.08. The molecule has 1 saturated heterocycles. The number of nitrogens with two attached hydrogens (primary N) is 1. The molecule has 1 amide bonds. The van der Waals surface area contributed by atoms with Gasteiger partial charge in [0.15, 0.2) is 5.69 Å². The second kappa shape index (κ2) is 6.06. The topological polar surface area (TPSA) is 77.0 Å². The van der Waals surface area contributed by atoms with Crippen molar-refractivity contribution in [2.75, 3.05) is 13.1 Å². The predicted octanol–water partition coefficient (Wildman–Crippen LogP) is 1.73. The Balaban J connectivity index is 1.82. The summed E-state index contributed by atoms with van der Waals surface area (Å²) in [7, 11) is 0. The number of aromatic nitrogens is 3. The second-order valence-electron chi connectivity index (χ2n) is 5.64.